The Morgan fingerprint density at radius 3 is 2.23 bits per heavy atom. The second-order valence-electron chi connectivity index (χ2n) is 9.72. The predicted octanol–water partition coefficient (Wildman–Crippen LogP) is 4.64. The summed E-state index contributed by atoms with van der Waals surface area (Å²) in [4.78, 5) is 49.4. The van der Waals surface area contributed by atoms with Crippen LogP contribution in [-0.2, 0) is 16.0 Å². The van der Waals surface area contributed by atoms with E-state index in [9.17, 15) is 25.0 Å². The SMILES string of the molecule is CCN(CC)c1ncc([N+](=O)[O-])c(N[C@@H](Cc2ccc(Nc3ncccc3[N+](=O)[O-])cc2)C(=O)OC(C)(C)C)n1. The van der Waals surface area contributed by atoms with Gasteiger partial charge in [-0.15, -0.1) is 0 Å². The fraction of sp³-hybridized carbons (Fsp3) is 0.385. The molecule has 0 fully saturated rings. The van der Waals surface area contributed by atoms with Gasteiger partial charge in [0.1, 0.15) is 17.8 Å². The topological polar surface area (TPSA) is 179 Å². The summed E-state index contributed by atoms with van der Waals surface area (Å²) in [5.74, 6) is -0.330. The van der Waals surface area contributed by atoms with Crippen molar-refractivity contribution in [1.29, 1.82) is 0 Å². The minimum Gasteiger partial charge on any atom is -0.458 e. The zero-order chi connectivity index (χ0) is 29.4. The summed E-state index contributed by atoms with van der Waals surface area (Å²) in [5, 5.41) is 28.9. The number of nitrogens with one attached hydrogen (secondary N) is 2. The van der Waals surface area contributed by atoms with Crippen molar-refractivity contribution < 1.29 is 19.4 Å². The first-order chi connectivity index (χ1) is 18.9. The van der Waals surface area contributed by atoms with Crippen LogP contribution in [-0.4, -0.2) is 55.5 Å². The van der Waals surface area contributed by atoms with Gasteiger partial charge in [0, 0.05) is 37.5 Å². The van der Waals surface area contributed by atoms with Crippen LogP contribution in [0.2, 0.25) is 0 Å². The van der Waals surface area contributed by atoms with Crippen LogP contribution >= 0.6 is 0 Å². The number of nitrogens with zero attached hydrogens (tertiary/aromatic N) is 6. The van der Waals surface area contributed by atoms with Crippen LogP contribution in [0.4, 0.5) is 34.6 Å². The van der Waals surface area contributed by atoms with Crippen molar-refractivity contribution in [3.63, 3.8) is 0 Å². The summed E-state index contributed by atoms with van der Waals surface area (Å²) in [7, 11) is 0. The molecule has 0 unspecified atom stereocenters. The average molecular weight is 553 g/mol. The maximum absolute atomic E-state index is 13.2. The number of hydrogen-bond acceptors (Lipinski definition) is 12. The van der Waals surface area contributed by atoms with E-state index in [0.29, 0.717) is 30.3 Å². The Balaban J connectivity index is 1.90. The fourth-order valence-corrected chi connectivity index (χ4v) is 3.73. The molecule has 0 radical (unpaired) electrons. The maximum Gasteiger partial charge on any atom is 0.329 e. The highest BCUT2D eigenvalue weighted by molar-refractivity contribution is 5.81. The van der Waals surface area contributed by atoms with Crippen molar-refractivity contribution in [2.75, 3.05) is 28.6 Å². The first kappa shape index (κ1) is 29.7. The molecular formula is C26H32N8O6. The summed E-state index contributed by atoms with van der Waals surface area (Å²) >= 11 is 0. The third-order valence-corrected chi connectivity index (χ3v) is 5.64. The standard InChI is InChI=1S/C26H32N8O6/c1-6-32(7-2)25-28-16-21(34(38)39)23(31-25)30-19(24(35)40-26(3,4)5)15-17-10-12-18(13-11-17)29-22-20(33(36)37)9-8-14-27-22/h8-14,16,19H,6-7,15H2,1-5H3,(H,27,29)(H,28,30,31)/t19-/m0/s1. The number of hydrogen-bond donors (Lipinski definition) is 2. The van der Waals surface area contributed by atoms with Crippen LogP contribution in [0.5, 0.6) is 0 Å². The Bertz CT molecular complexity index is 1360. The fourth-order valence-electron chi connectivity index (χ4n) is 3.73. The van der Waals surface area contributed by atoms with Gasteiger partial charge in [-0.2, -0.15) is 4.98 Å². The minimum absolute atomic E-state index is 0.0913. The molecule has 212 valence electrons. The van der Waals surface area contributed by atoms with Gasteiger partial charge in [0.2, 0.25) is 17.6 Å². The number of rotatable bonds is 12. The third kappa shape index (κ3) is 7.82. The number of esters is 1. The number of pyridine rings is 1. The first-order valence-electron chi connectivity index (χ1n) is 12.6. The lowest BCUT2D eigenvalue weighted by atomic mass is 10.0. The van der Waals surface area contributed by atoms with Gasteiger partial charge in [0.25, 0.3) is 0 Å². The zero-order valence-corrected chi connectivity index (χ0v) is 23.0. The van der Waals surface area contributed by atoms with E-state index >= 15 is 0 Å². The summed E-state index contributed by atoms with van der Waals surface area (Å²) in [6, 6.07) is 8.63. The number of ether oxygens (including phenoxy) is 1. The lowest BCUT2D eigenvalue weighted by Gasteiger charge is -2.25. The molecule has 0 saturated heterocycles. The van der Waals surface area contributed by atoms with Crippen molar-refractivity contribution in [3.8, 4) is 0 Å². The third-order valence-electron chi connectivity index (χ3n) is 5.64. The molecule has 2 N–H and O–H groups in total. The predicted molar refractivity (Wildman–Crippen MR) is 150 cm³/mol. The molecule has 2 aromatic heterocycles. The number of carbonyl (C=O) groups is 1. The lowest BCUT2D eigenvalue weighted by molar-refractivity contribution is -0.384. The number of anilines is 4. The molecule has 1 aromatic carbocycles. The molecule has 0 saturated carbocycles. The van der Waals surface area contributed by atoms with Crippen LogP contribution < -0.4 is 15.5 Å². The molecule has 14 nitrogen and oxygen atoms in total. The van der Waals surface area contributed by atoms with Gasteiger partial charge in [-0.25, -0.2) is 14.8 Å². The summed E-state index contributed by atoms with van der Waals surface area (Å²) in [6.07, 6.45) is 2.67. The van der Waals surface area contributed by atoms with Crippen LogP contribution in [0.1, 0.15) is 40.2 Å². The molecule has 2 heterocycles. The number of carbonyl (C=O) groups excluding carboxylic acids is 1. The average Bonchev–Trinajstić information content (AvgIpc) is 2.89. The monoisotopic (exact) mass is 552 g/mol. The molecule has 0 aliphatic rings. The molecule has 40 heavy (non-hydrogen) atoms. The van der Waals surface area contributed by atoms with Gasteiger partial charge in [-0.05, 0) is 58.4 Å². The van der Waals surface area contributed by atoms with Crippen LogP contribution in [0, 0.1) is 20.2 Å². The number of benzene rings is 1. The second kappa shape index (κ2) is 12.8. The summed E-state index contributed by atoms with van der Waals surface area (Å²) in [5.41, 5.74) is -0.100. The smallest absolute Gasteiger partial charge is 0.329 e. The minimum atomic E-state index is -1.02. The molecule has 0 bridgehead atoms. The van der Waals surface area contributed by atoms with E-state index in [1.165, 1.54) is 18.3 Å². The van der Waals surface area contributed by atoms with Gasteiger partial charge in [0.05, 0.1) is 9.85 Å². The number of aromatic nitrogens is 3. The Labute approximate surface area is 231 Å². The van der Waals surface area contributed by atoms with Crippen molar-refractivity contribution >= 4 is 40.6 Å². The van der Waals surface area contributed by atoms with Crippen molar-refractivity contribution in [2.24, 2.45) is 0 Å². The van der Waals surface area contributed by atoms with E-state index in [1.807, 2.05) is 18.7 Å². The van der Waals surface area contributed by atoms with Crippen LogP contribution in [0.25, 0.3) is 0 Å². The van der Waals surface area contributed by atoms with Gasteiger partial charge < -0.3 is 20.3 Å². The Kier molecular flexibility index (Phi) is 9.48. The van der Waals surface area contributed by atoms with Gasteiger partial charge in [-0.1, -0.05) is 12.1 Å². The van der Waals surface area contributed by atoms with Crippen LogP contribution in [0.15, 0.2) is 48.8 Å². The molecule has 0 aliphatic carbocycles. The van der Waals surface area contributed by atoms with E-state index in [0.717, 1.165) is 6.20 Å². The van der Waals surface area contributed by atoms with Gasteiger partial charge >= 0.3 is 17.3 Å². The Hall–Kier alpha value is -4.88. The molecule has 1 atom stereocenters. The quantitative estimate of drug-likeness (QED) is 0.181. The normalized spacial score (nSPS) is 11.8. The molecule has 3 aromatic rings. The van der Waals surface area contributed by atoms with Crippen LogP contribution in [0.3, 0.4) is 0 Å². The highest BCUT2D eigenvalue weighted by Gasteiger charge is 2.29. The second-order valence-corrected chi connectivity index (χ2v) is 9.72. The first-order valence-corrected chi connectivity index (χ1v) is 12.6. The van der Waals surface area contributed by atoms with E-state index in [4.69, 9.17) is 4.74 Å². The molecule has 0 aliphatic heterocycles. The van der Waals surface area contributed by atoms with Crippen molar-refractivity contribution in [1.82, 2.24) is 15.0 Å². The molecule has 14 heteroatoms. The molecule has 0 amide bonds. The Morgan fingerprint density at radius 2 is 1.65 bits per heavy atom. The van der Waals surface area contributed by atoms with E-state index in [1.54, 1.807) is 45.0 Å². The largest absolute Gasteiger partial charge is 0.458 e. The Morgan fingerprint density at radius 1 is 1.00 bits per heavy atom. The lowest BCUT2D eigenvalue weighted by Crippen LogP contribution is -2.38. The van der Waals surface area contributed by atoms with E-state index in [-0.39, 0.29) is 29.4 Å². The molecule has 3 rings (SSSR count). The molecular weight excluding hydrogens is 520 g/mol. The van der Waals surface area contributed by atoms with E-state index < -0.39 is 27.5 Å². The summed E-state index contributed by atoms with van der Waals surface area (Å²) in [6.45, 7) is 10.2. The molecule has 0 spiro atoms. The number of nitro groups is 2. The van der Waals surface area contributed by atoms with Crippen molar-refractivity contribution in [2.45, 2.75) is 52.7 Å². The summed E-state index contributed by atoms with van der Waals surface area (Å²) < 4.78 is 5.59. The van der Waals surface area contributed by atoms with Gasteiger partial charge in [-0.3, -0.25) is 20.2 Å². The highest BCUT2D eigenvalue weighted by atomic mass is 16.6. The highest BCUT2D eigenvalue weighted by Crippen LogP contribution is 2.27. The van der Waals surface area contributed by atoms with Gasteiger partial charge in [0.15, 0.2) is 0 Å². The van der Waals surface area contributed by atoms with E-state index in [2.05, 4.69) is 25.6 Å². The zero-order valence-electron chi connectivity index (χ0n) is 23.0. The maximum atomic E-state index is 13.2. The van der Waals surface area contributed by atoms with Crippen molar-refractivity contribution in [3.05, 3.63) is 74.6 Å².